The Morgan fingerprint density at radius 3 is 1.59 bits per heavy atom. The van der Waals surface area contributed by atoms with Gasteiger partial charge in [0.05, 0.1) is 0 Å². The van der Waals surface area contributed by atoms with Crippen molar-refractivity contribution in [2.45, 2.75) is 6.92 Å². The van der Waals surface area contributed by atoms with Crippen molar-refractivity contribution in [2.75, 3.05) is 10.9 Å². The van der Waals surface area contributed by atoms with Crippen molar-refractivity contribution < 1.29 is 0 Å². The summed E-state index contributed by atoms with van der Waals surface area (Å²) in [6, 6.07) is 17.5. The van der Waals surface area contributed by atoms with E-state index in [9.17, 15) is 0 Å². The monoisotopic (exact) mass is 230 g/mol. The molecule has 2 aromatic rings. The maximum absolute atomic E-state index is 5.15. The van der Waals surface area contributed by atoms with Crippen LogP contribution in [0.3, 0.4) is 0 Å². The Morgan fingerprint density at radius 2 is 1.18 bits per heavy atom. The normalized spacial score (nSPS) is 8.88. The minimum absolute atomic E-state index is 0.938. The number of nitrogens with one attached hydrogen (secondary N) is 2. The third-order valence-corrected chi connectivity index (χ3v) is 2.16. The van der Waals surface area contributed by atoms with E-state index in [-0.39, 0.29) is 0 Å². The van der Waals surface area contributed by atoms with Crippen molar-refractivity contribution in [1.29, 1.82) is 0 Å². The van der Waals surface area contributed by atoms with Gasteiger partial charge in [-0.3, -0.25) is 11.7 Å². The molecule has 4 nitrogen and oxygen atoms in total. The van der Waals surface area contributed by atoms with E-state index < -0.39 is 0 Å². The smallest absolute Gasteiger partial charge is 0.0485 e. The number of rotatable bonds is 2. The fourth-order valence-corrected chi connectivity index (χ4v) is 1.18. The van der Waals surface area contributed by atoms with Gasteiger partial charge in [-0.05, 0) is 31.2 Å². The molecule has 0 saturated carbocycles. The maximum atomic E-state index is 5.15. The number of para-hydroxylation sites is 1. The molecular formula is C13H18N4. The van der Waals surface area contributed by atoms with E-state index in [2.05, 4.69) is 10.9 Å². The first-order valence-electron chi connectivity index (χ1n) is 5.31. The van der Waals surface area contributed by atoms with E-state index in [0.29, 0.717) is 0 Å². The van der Waals surface area contributed by atoms with Crippen LogP contribution in [0.1, 0.15) is 5.56 Å². The third-order valence-electron chi connectivity index (χ3n) is 2.16. The van der Waals surface area contributed by atoms with Crippen LogP contribution in [0.2, 0.25) is 0 Å². The molecule has 17 heavy (non-hydrogen) atoms. The molecule has 0 aliphatic rings. The minimum Gasteiger partial charge on any atom is -0.324 e. The molecule has 0 spiro atoms. The number of hydrogen-bond acceptors (Lipinski definition) is 4. The predicted octanol–water partition coefficient (Wildman–Crippen LogP) is 2.25. The van der Waals surface area contributed by atoms with E-state index in [0.717, 1.165) is 11.4 Å². The lowest BCUT2D eigenvalue weighted by Gasteiger charge is -1.97. The second-order valence-electron chi connectivity index (χ2n) is 3.52. The lowest BCUT2D eigenvalue weighted by molar-refractivity contribution is 1.34. The van der Waals surface area contributed by atoms with Gasteiger partial charge in [0.1, 0.15) is 0 Å². The number of hydrogen-bond donors (Lipinski definition) is 4. The van der Waals surface area contributed by atoms with Gasteiger partial charge < -0.3 is 10.9 Å². The Kier molecular flexibility index (Phi) is 5.57. The van der Waals surface area contributed by atoms with Crippen molar-refractivity contribution in [2.24, 2.45) is 11.7 Å². The molecule has 0 radical (unpaired) electrons. The van der Waals surface area contributed by atoms with E-state index in [4.69, 9.17) is 11.7 Å². The summed E-state index contributed by atoms with van der Waals surface area (Å²) < 4.78 is 0. The Hall–Kier alpha value is -2.04. The summed E-state index contributed by atoms with van der Waals surface area (Å²) in [7, 11) is 0. The predicted molar refractivity (Wildman–Crippen MR) is 73.2 cm³/mol. The van der Waals surface area contributed by atoms with Crippen molar-refractivity contribution >= 4 is 11.4 Å². The van der Waals surface area contributed by atoms with E-state index in [1.165, 1.54) is 5.56 Å². The van der Waals surface area contributed by atoms with Crippen LogP contribution in [0, 0.1) is 6.92 Å². The van der Waals surface area contributed by atoms with Gasteiger partial charge in [-0.2, -0.15) is 0 Å². The van der Waals surface area contributed by atoms with Crippen LogP contribution in [0.4, 0.5) is 11.4 Å². The number of benzene rings is 2. The molecule has 0 bridgehead atoms. The zero-order valence-corrected chi connectivity index (χ0v) is 9.85. The van der Waals surface area contributed by atoms with Gasteiger partial charge in [-0.15, -0.1) is 0 Å². The minimum atomic E-state index is 0.938. The van der Waals surface area contributed by atoms with Gasteiger partial charge in [0.25, 0.3) is 0 Å². The highest BCUT2D eigenvalue weighted by Gasteiger charge is 1.84. The molecule has 2 aromatic carbocycles. The highest BCUT2D eigenvalue weighted by Crippen LogP contribution is 2.05. The van der Waals surface area contributed by atoms with Crippen LogP contribution in [0.5, 0.6) is 0 Å². The molecular weight excluding hydrogens is 212 g/mol. The fourth-order valence-electron chi connectivity index (χ4n) is 1.18. The van der Waals surface area contributed by atoms with Gasteiger partial charge in [0.15, 0.2) is 0 Å². The topological polar surface area (TPSA) is 76.1 Å². The first-order valence-corrected chi connectivity index (χ1v) is 5.31. The van der Waals surface area contributed by atoms with Gasteiger partial charge in [0, 0.05) is 11.4 Å². The summed E-state index contributed by atoms with van der Waals surface area (Å²) in [5.41, 5.74) is 8.21. The number of hydrazine groups is 2. The number of nitrogen functional groups attached to an aromatic ring is 2. The standard InChI is InChI=1S/C7H10N2.C6H8N2/c1-6-2-4-7(9-8)5-3-6;7-8-6-4-2-1-3-5-6/h2-5,9H,8H2,1H3;1-5,8H,7H2. The summed E-state index contributed by atoms with van der Waals surface area (Å²) in [5, 5.41) is 0. The highest BCUT2D eigenvalue weighted by molar-refractivity contribution is 5.42. The lowest BCUT2D eigenvalue weighted by Crippen LogP contribution is -2.05. The molecule has 6 N–H and O–H groups in total. The van der Waals surface area contributed by atoms with Crippen LogP contribution in [0.15, 0.2) is 54.6 Å². The highest BCUT2D eigenvalue weighted by atomic mass is 15.2. The number of aryl methyl sites for hydroxylation is 1. The van der Waals surface area contributed by atoms with Crippen LogP contribution >= 0.6 is 0 Å². The summed E-state index contributed by atoms with van der Waals surface area (Å²) in [6.07, 6.45) is 0. The van der Waals surface area contributed by atoms with Crippen LogP contribution < -0.4 is 22.5 Å². The average molecular weight is 230 g/mol. The molecule has 0 heterocycles. The molecule has 0 aliphatic heterocycles. The molecule has 0 aliphatic carbocycles. The SMILES string of the molecule is Cc1ccc(NN)cc1.NNc1ccccc1. The zero-order chi connectivity index (χ0) is 12.5. The molecule has 90 valence electrons. The fraction of sp³-hybridized carbons (Fsp3) is 0.0769. The van der Waals surface area contributed by atoms with E-state index in [1.54, 1.807) is 0 Å². The molecule has 0 fully saturated rings. The van der Waals surface area contributed by atoms with Gasteiger partial charge in [-0.1, -0.05) is 35.9 Å². The Balaban J connectivity index is 0.000000171. The summed E-state index contributed by atoms with van der Waals surface area (Å²) in [6.45, 7) is 2.04. The number of nitrogens with two attached hydrogens (primary N) is 2. The Labute approximate surface area is 102 Å². The summed E-state index contributed by atoms with van der Waals surface area (Å²) >= 11 is 0. The van der Waals surface area contributed by atoms with Crippen LogP contribution in [0.25, 0.3) is 0 Å². The van der Waals surface area contributed by atoms with Crippen LogP contribution in [-0.4, -0.2) is 0 Å². The second kappa shape index (κ2) is 7.27. The summed E-state index contributed by atoms with van der Waals surface area (Å²) in [5.74, 6) is 10.2. The van der Waals surface area contributed by atoms with Crippen LogP contribution in [-0.2, 0) is 0 Å². The van der Waals surface area contributed by atoms with E-state index >= 15 is 0 Å². The van der Waals surface area contributed by atoms with Gasteiger partial charge in [-0.25, -0.2) is 0 Å². The van der Waals surface area contributed by atoms with Crippen molar-refractivity contribution in [3.05, 3.63) is 60.2 Å². The van der Waals surface area contributed by atoms with Gasteiger partial charge >= 0.3 is 0 Å². The summed E-state index contributed by atoms with van der Waals surface area (Å²) in [4.78, 5) is 0. The molecule has 4 heteroatoms. The molecule has 0 amide bonds. The molecule has 2 rings (SSSR count). The maximum Gasteiger partial charge on any atom is 0.0485 e. The number of anilines is 2. The molecule has 0 unspecified atom stereocenters. The third kappa shape index (κ3) is 5.01. The average Bonchev–Trinajstić information content (AvgIpc) is 2.41. The molecule has 0 atom stereocenters. The van der Waals surface area contributed by atoms with Gasteiger partial charge in [0.2, 0.25) is 0 Å². The van der Waals surface area contributed by atoms with Crippen molar-refractivity contribution in [3.8, 4) is 0 Å². The van der Waals surface area contributed by atoms with Crippen molar-refractivity contribution in [1.82, 2.24) is 0 Å². The molecule has 0 aromatic heterocycles. The molecule has 0 saturated heterocycles. The zero-order valence-electron chi connectivity index (χ0n) is 9.85. The lowest BCUT2D eigenvalue weighted by atomic mass is 10.2. The first-order chi connectivity index (χ1) is 8.26. The van der Waals surface area contributed by atoms with Crippen molar-refractivity contribution in [3.63, 3.8) is 0 Å². The largest absolute Gasteiger partial charge is 0.324 e. The second-order valence-corrected chi connectivity index (χ2v) is 3.52. The Bertz CT molecular complexity index is 411. The Morgan fingerprint density at radius 1 is 0.706 bits per heavy atom. The first kappa shape index (κ1) is 13.0. The van der Waals surface area contributed by atoms with E-state index in [1.807, 2.05) is 61.5 Å². The quantitative estimate of drug-likeness (QED) is 0.471.